The van der Waals surface area contributed by atoms with Gasteiger partial charge in [0.15, 0.2) is 0 Å². The van der Waals surface area contributed by atoms with E-state index in [1.54, 1.807) is 0 Å². The van der Waals surface area contributed by atoms with Gasteiger partial charge in [-0.3, -0.25) is 0 Å². The average Bonchev–Trinajstić information content (AvgIpc) is 2.87. The van der Waals surface area contributed by atoms with E-state index < -0.39 is 21.6 Å². The van der Waals surface area contributed by atoms with E-state index >= 15 is 0 Å². The van der Waals surface area contributed by atoms with Crippen molar-refractivity contribution in [1.82, 2.24) is 4.72 Å². The predicted octanol–water partition coefficient (Wildman–Crippen LogP) is 1.67. The fraction of sp³-hybridized carbons (Fsp3) is 0.615. The fourth-order valence-corrected chi connectivity index (χ4v) is 4.98. The van der Waals surface area contributed by atoms with Crippen molar-refractivity contribution in [3.8, 4) is 0 Å². The highest BCUT2D eigenvalue weighted by Crippen LogP contribution is 2.32. The second-order valence-corrected chi connectivity index (χ2v) is 8.75. The van der Waals surface area contributed by atoms with Crippen LogP contribution in [0.1, 0.15) is 42.3 Å². The number of rotatable bonds is 5. The molecule has 1 saturated carbocycles. The molecule has 0 aliphatic heterocycles. The molecule has 1 aliphatic carbocycles. The summed E-state index contributed by atoms with van der Waals surface area (Å²) in [5, 5.41) is 19.3. The van der Waals surface area contributed by atoms with Crippen LogP contribution in [0.4, 0.5) is 0 Å². The molecule has 118 valence electrons. The van der Waals surface area contributed by atoms with Crippen LogP contribution in [0.3, 0.4) is 0 Å². The van der Waals surface area contributed by atoms with E-state index in [9.17, 15) is 18.3 Å². The highest BCUT2D eigenvalue weighted by molar-refractivity contribution is 7.91. The van der Waals surface area contributed by atoms with Crippen LogP contribution in [-0.4, -0.2) is 36.7 Å². The molecule has 2 unspecified atom stereocenters. The number of carboxylic acid groups (broad SMARTS) is 1. The molecule has 0 bridgehead atoms. The average molecular weight is 333 g/mol. The van der Waals surface area contributed by atoms with Gasteiger partial charge in [-0.25, -0.2) is 17.9 Å². The van der Waals surface area contributed by atoms with Crippen molar-refractivity contribution in [1.29, 1.82) is 0 Å². The Morgan fingerprint density at radius 1 is 1.52 bits per heavy atom. The Morgan fingerprint density at radius 2 is 2.24 bits per heavy atom. The van der Waals surface area contributed by atoms with Crippen molar-refractivity contribution >= 4 is 27.3 Å². The molecule has 1 aliphatic rings. The van der Waals surface area contributed by atoms with E-state index in [4.69, 9.17) is 5.11 Å². The molecule has 1 heterocycles. The molecule has 21 heavy (non-hydrogen) atoms. The molecule has 1 aromatic heterocycles. The van der Waals surface area contributed by atoms with Crippen LogP contribution in [0.5, 0.6) is 0 Å². The van der Waals surface area contributed by atoms with Gasteiger partial charge >= 0.3 is 5.97 Å². The molecule has 0 amide bonds. The van der Waals surface area contributed by atoms with E-state index in [0.29, 0.717) is 30.1 Å². The van der Waals surface area contributed by atoms with Crippen LogP contribution in [0.15, 0.2) is 16.3 Å². The van der Waals surface area contributed by atoms with E-state index in [1.165, 1.54) is 12.1 Å². The summed E-state index contributed by atoms with van der Waals surface area (Å²) in [6.45, 7) is 2.00. The van der Waals surface area contributed by atoms with Crippen molar-refractivity contribution in [2.75, 3.05) is 6.54 Å². The Bertz CT molecular complexity index is 624. The third-order valence-corrected chi connectivity index (χ3v) is 6.68. The van der Waals surface area contributed by atoms with Crippen molar-refractivity contribution in [3.05, 3.63) is 17.0 Å². The van der Waals surface area contributed by atoms with Crippen LogP contribution in [0.25, 0.3) is 0 Å². The summed E-state index contributed by atoms with van der Waals surface area (Å²) in [6, 6.07) is 2.53. The summed E-state index contributed by atoms with van der Waals surface area (Å²) < 4.78 is 26.6. The molecule has 6 nitrogen and oxygen atoms in total. The second kappa shape index (κ2) is 6.04. The fourth-order valence-electron chi connectivity index (χ4n) is 2.67. The maximum atomic E-state index is 12.1. The highest BCUT2D eigenvalue weighted by atomic mass is 32.2. The summed E-state index contributed by atoms with van der Waals surface area (Å²) in [7, 11) is -3.78. The molecule has 3 N–H and O–H groups in total. The number of thiophene rings is 1. The summed E-state index contributed by atoms with van der Waals surface area (Å²) in [4.78, 5) is 10.8. The molecule has 8 heteroatoms. The van der Waals surface area contributed by atoms with Gasteiger partial charge in [0.2, 0.25) is 10.0 Å². The van der Waals surface area contributed by atoms with Gasteiger partial charge in [0.05, 0.1) is 5.60 Å². The minimum Gasteiger partial charge on any atom is -0.477 e. The van der Waals surface area contributed by atoms with Crippen LogP contribution in [0.2, 0.25) is 0 Å². The molecule has 1 fully saturated rings. The smallest absolute Gasteiger partial charge is 0.345 e. The van der Waals surface area contributed by atoms with E-state index in [1.807, 2.05) is 6.92 Å². The molecule has 0 saturated heterocycles. The Kier molecular flexibility index (Phi) is 4.72. The van der Waals surface area contributed by atoms with Gasteiger partial charge in [0.25, 0.3) is 0 Å². The summed E-state index contributed by atoms with van der Waals surface area (Å²) in [5.74, 6) is -0.783. The summed E-state index contributed by atoms with van der Waals surface area (Å²) in [5.41, 5.74) is -1.02. The minimum atomic E-state index is -3.78. The van der Waals surface area contributed by atoms with Gasteiger partial charge in [-0.05, 0) is 30.9 Å². The first-order valence-corrected chi connectivity index (χ1v) is 9.07. The normalized spacial score (nSPS) is 26.7. The lowest BCUT2D eigenvalue weighted by Crippen LogP contribution is -2.45. The lowest BCUT2D eigenvalue weighted by molar-refractivity contribution is -0.00751. The SMILES string of the molecule is CC1CCCC(O)(CNS(=O)(=O)c2ccc(C(=O)O)s2)C1. The number of aliphatic hydroxyl groups is 1. The molecular formula is C13H19NO5S2. The number of carbonyl (C=O) groups is 1. The Balaban J connectivity index is 2.05. The van der Waals surface area contributed by atoms with Gasteiger partial charge in [-0.2, -0.15) is 0 Å². The lowest BCUT2D eigenvalue weighted by Gasteiger charge is -2.35. The lowest BCUT2D eigenvalue weighted by atomic mass is 9.79. The maximum absolute atomic E-state index is 12.1. The third kappa shape index (κ3) is 4.03. The Hall–Kier alpha value is -0.960. The van der Waals surface area contributed by atoms with Gasteiger partial charge in [0, 0.05) is 6.54 Å². The first kappa shape index (κ1) is 16.4. The van der Waals surface area contributed by atoms with Crippen LogP contribution >= 0.6 is 11.3 Å². The van der Waals surface area contributed by atoms with E-state index in [-0.39, 0.29) is 15.6 Å². The number of nitrogens with one attached hydrogen (secondary N) is 1. The zero-order valence-electron chi connectivity index (χ0n) is 11.7. The number of hydrogen-bond acceptors (Lipinski definition) is 5. The number of aromatic carboxylic acids is 1. The monoisotopic (exact) mass is 333 g/mol. The molecular weight excluding hydrogens is 314 g/mol. The quantitative estimate of drug-likeness (QED) is 0.760. The van der Waals surface area contributed by atoms with Crippen LogP contribution in [-0.2, 0) is 10.0 Å². The van der Waals surface area contributed by atoms with Gasteiger partial charge in [-0.1, -0.05) is 19.8 Å². The van der Waals surface area contributed by atoms with Crippen molar-refractivity contribution in [2.45, 2.75) is 42.4 Å². The van der Waals surface area contributed by atoms with Gasteiger partial charge < -0.3 is 10.2 Å². The zero-order valence-corrected chi connectivity index (χ0v) is 13.3. The Labute approximate surface area is 127 Å². The van der Waals surface area contributed by atoms with Gasteiger partial charge in [-0.15, -0.1) is 11.3 Å². The molecule has 2 rings (SSSR count). The van der Waals surface area contributed by atoms with Crippen LogP contribution < -0.4 is 4.72 Å². The Morgan fingerprint density at radius 3 is 2.81 bits per heavy atom. The summed E-state index contributed by atoms with van der Waals surface area (Å²) >= 11 is 0.702. The van der Waals surface area contributed by atoms with E-state index in [0.717, 1.165) is 12.8 Å². The maximum Gasteiger partial charge on any atom is 0.345 e. The van der Waals surface area contributed by atoms with Crippen molar-refractivity contribution in [2.24, 2.45) is 5.92 Å². The van der Waals surface area contributed by atoms with Crippen molar-refractivity contribution in [3.63, 3.8) is 0 Å². The van der Waals surface area contributed by atoms with E-state index in [2.05, 4.69) is 4.72 Å². The third-order valence-electron chi connectivity index (χ3n) is 3.72. The number of hydrogen-bond donors (Lipinski definition) is 3. The number of carboxylic acids is 1. The van der Waals surface area contributed by atoms with Crippen molar-refractivity contribution < 1.29 is 23.4 Å². The number of sulfonamides is 1. The molecule has 0 aromatic carbocycles. The standard InChI is InChI=1S/C13H19NO5S2/c1-9-3-2-6-13(17,7-9)8-14-21(18,19)11-5-4-10(20-11)12(15)16/h4-5,9,14,17H,2-3,6-8H2,1H3,(H,15,16). The van der Waals surface area contributed by atoms with Crippen LogP contribution in [0, 0.1) is 5.92 Å². The topological polar surface area (TPSA) is 104 Å². The molecule has 0 radical (unpaired) electrons. The molecule has 0 spiro atoms. The second-order valence-electron chi connectivity index (χ2n) is 5.67. The first-order chi connectivity index (χ1) is 9.72. The molecule has 1 aromatic rings. The minimum absolute atomic E-state index is 0.0274. The molecule has 2 atom stereocenters. The highest BCUT2D eigenvalue weighted by Gasteiger charge is 2.34. The first-order valence-electron chi connectivity index (χ1n) is 6.77. The predicted molar refractivity (Wildman–Crippen MR) is 79.0 cm³/mol. The van der Waals surface area contributed by atoms with Gasteiger partial charge in [0.1, 0.15) is 9.09 Å². The zero-order chi connectivity index (χ0) is 15.7. The largest absolute Gasteiger partial charge is 0.477 e. The summed E-state index contributed by atoms with van der Waals surface area (Å²) in [6.07, 6.45) is 3.06.